The molecule has 1 aliphatic heterocycles. The third kappa shape index (κ3) is 6.13. The van der Waals surface area contributed by atoms with Crippen molar-refractivity contribution in [3.05, 3.63) is 23.2 Å². The quantitative estimate of drug-likeness (QED) is 0.732. The molecule has 0 bridgehead atoms. The topological polar surface area (TPSA) is 59.6 Å². The predicted molar refractivity (Wildman–Crippen MR) is 97.4 cm³/mol. The van der Waals surface area contributed by atoms with Gasteiger partial charge in [0, 0.05) is 11.6 Å². The van der Waals surface area contributed by atoms with E-state index in [1.54, 1.807) is 18.2 Å². The number of anilines is 1. The van der Waals surface area contributed by atoms with Crippen LogP contribution in [0.2, 0.25) is 5.02 Å². The van der Waals surface area contributed by atoms with Crippen molar-refractivity contribution in [1.29, 1.82) is 0 Å². The maximum Gasteiger partial charge on any atom is 0.238 e. The van der Waals surface area contributed by atoms with Gasteiger partial charge in [0.1, 0.15) is 12.4 Å². The van der Waals surface area contributed by atoms with Crippen LogP contribution in [0.4, 0.5) is 5.69 Å². The Balaban J connectivity index is 0.00000208. The van der Waals surface area contributed by atoms with Crippen molar-refractivity contribution in [1.82, 2.24) is 5.32 Å². The molecule has 1 heterocycles. The zero-order chi connectivity index (χ0) is 16.1. The molecule has 1 amide bonds. The van der Waals surface area contributed by atoms with Gasteiger partial charge in [0.05, 0.1) is 18.3 Å². The monoisotopic (exact) mass is 374 g/mol. The molecule has 1 saturated carbocycles. The summed E-state index contributed by atoms with van der Waals surface area (Å²) < 4.78 is 11.4. The van der Waals surface area contributed by atoms with Crippen molar-refractivity contribution in [2.75, 3.05) is 31.6 Å². The van der Waals surface area contributed by atoms with Gasteiger partial charge >= 0.3 is 0 Å². The average Bonchev–Trinajstić information content (AvgIpc) is 3.20. The van der Waals surface area contributed by atoms with Crippen molar-refractivity contribution in [2.45, 2.75) is 31.8 Å². The number of hydrogen-bond donors (Lipinski definition) is 2. The number of rotatable bonds is 8. The fourth-order valence-electron chi connectivity index (χ4n) is 2.59. The van der Waals surface area contributed by atoms with E-state index in [1.807, 2.05) is 0 Å². The summed E-state index contributed by atoms with van der Waals surface area (Å²) in [6.45, 7) is 2.49. The standard InChI is InChI=1S/C17H23ClN2O3.ClH/c18-13-5-6-16(23-11-14-2-1-7-22-14)15(8-13)20-17(21)10-19-9-12-3-4-12;/h5-6,8,12,14,19H,1-4,7,9-11H2,(H,20,21);1H. The molecule has 1 aliphatic carbocycles. The van der Waals surface area contributed by atoms with Crippen molar-refractivity contribution in [3.63, 3.8) is 0 Å². The lowest BCUT2D eigenvalue weighted by atomic mass is 10.2. The molecule has 2 aliphatic rings. The van der Waals surface area contributed by atoms with E-state index in [9.17, 15) is 4.79 Å². The van der Waals surface area contributed by atoms with Gasteiger partial charge in [-0.1, -0.05) is 11.6 Å². The summed E-state index contributed by atoms with van der Waals surface area (Å²) >= 11 is 6.03. The Morgan fingerprint density at radius 2 is 2.17 bits per heavy atom. The van der Waals surface area contributed by atoms with E-state index < -0.39 is 0 Å². The minimum Gasteiger partial charge on any atom is -0.489 e. The van der Waals surface area contributed by atoms with Gasteiger partial charge in [-0.2, -0.15) is 0 Å². The lowest BCUT2D eigenvalue weighted by Gasteiger charge is -2.15. The van der Waals surface area contributed by atoms with Crippen molar-refractivity contribution in [2.24, 2.45) is 5.92 Å². The second-order valence-electron chi connectivity index (χ2n) is 6.21. The Kier molecular flexibility index (Phi) is 7.62. The molecule has 24 heavy (non-hydrogen) atoms. The van der Waals surface area contributed by atoms with Crippen molar-refractivity contribution < 1.29 is 14.3 Å². The highest BCUT2D eigenvalue weighted by Gasteiger charge is 2.21. The highest BCUT2D eigenvalue weighted by atomic mass is 35.5. The number of hydrogen-bond acceptors (Lipinski definition) is 4. The van der Waals surface area contributed by atoms with Crippen LogP contribution < -0.4 is 15.4 Å². The molecule has 2 N–H and O–H groups in total. The Hall–Kier alpha value is -1.01. The molecule has 1 saturated heterocycles. The van der Waals surface area contributed by atoms with E-state index in [0.29, 0.717) is 29.6 Å². The highest BCUT2D eigenvalue weighted by Crippen LogP contribution is 2.29. The van der Waals surface area contributed by atoms with Gasteiger partial charge in [-0.15, -0.1) is 12.4 Å². The zero-order valence-electron chi connectivity index (χ0n) is 13.6. The van der Waals surface area contributed by atoms with Crippen molar-refractivity contribution in [3.8, 4) is 5.75 Å². The smallest absolute Gasteiger partial charge is 0.238 e. The number of carbonyl (C=O) groups excluding carboxylic acids is 1. The third-order valence-electron chi connectivity index (χ3n) is 4.08. The highest BCUT2D eigenvalue weighted by molar-refractivity contribution is 6.31. The number of amides is 1. The van der Waals surface area contributed by atoms with Crippen molar-refractivity contribution >= 4 is 35.6 Å². The van der Waals surface area contributed by atoms with E-state index >= 15 is 0 Å². The van der Waals surface area contributed by atoms with Gasteiger partial charge in [-0.05, 0) is 56.3 Å². The predicted octanol–water partition coefficient (Wildman–Crippen LogP) is 3.26. The molecule has 134 valence electrons. The number of carbonyl (C=O) groups is 1. The van der Waals surface area contributed by atoms with E-state index in [-0.39, 0.29) is 24.4 Å². The molecule has 0 radical (unpaired) electrons. The zero-order valence-corrected chi connectivity index (χ0v) is 15.1. The molecule has 1 aromatic carbocycles. The van der Waals surface area contributed by atoms with Crippen LogP contribution >= 0.6 is 24.0 Å². The summed E-state index contributed by atoms with van der Waals surface area (Å²) in [7, 11) is 0. The summed E-state index contributed by atoms with van der Waals surface area (Å²) in [5.74, 6) is 1.29. The Labute approximate surface area is 153 Å². The molecule has 0 spiro atoms. The lowest BCUT2D eigenvalue weighted by Crippen LogP contribution is -2.29. The number of halogens is 2. The minimum absolute atomic E-state index is 0. The van der Waals surface area contributed by atoms with Gasteiger partial charge in [0.25, 0.3) is 0 Å². The summed E-state index contributed by atoms with van der Waals surface area (Å²) in [5.41, 5.74) is 0.605. The number of ether oxygens (including phenoxy) is 2. The van der Waals surface area contributed by atoms with Gasteiger partial charge in [-0.3, -0.25) is 4.79 Å². The summed E-state index contributed by atoms with van der Waals surface area (Å²) in [4.78, 5) is 12.0. The van der Waals surface area contributed by atoms with Gasteiger partial charge in [0.15, 0.2) is 0 Å². The molecule has 2 fully saturated rings. The molecular weight excluding hydrogens is 351 g/mol. The molecular formula is C17H24Cl2N2O3. The third-order valence-corrected chi connectivity index (χ3v) is 4.32. The fraction of sp³-hybridized carbons (Fsp3) is 0.588. The summed E-state index contributed by atoms with van der Waals surface area (Å²) in [6.07, 6.45) is 4.76. The first-order valence-corrected chi connectivity index (χ1v) is 8.63. The van der Waals surface area contributed by atoms with Gasteiger partial charge in [-0.25, -0.2) is 0 Å². The maximum absolute atomic E-state index is 12.0. The van der Waals surface area contributed by atoms with E-state index in [4.69, 9.17) is 21.1 Å². The molecule has 0 aromatic heterocycles. The molecule has 7 heteroatoms. The first kappa shape index (κ1) is 19.3. The van der Waals surface area contributed by atoms with Crippen LogP contribution in [0.5, 0.6) is 5.75 Å². The van der Waals surface area contributed by atoms with E-state index in [1.165, 1.54) is 12.8 Å². The van der Waals surface area contributed by atoms with Crippen LogP contribution in [0.15, 0.2) is 18.2 Å². The molecule has 5 nitrogen and oxygen atoms in total. The van der Waals surface area contributed by atoms with E-state index in [0.717, 1.165) is 31.9 Å². The largest absolute Gasteiger partial charge is 0.489 e. The second kappa shape index (κ2) is 9.47. The van der Waals surface area contributed by atoms with Gasteiger partial charge < -0.3 is 20.1 Å². The SMILES string of the molecule is Cl.O=C(CNCC1CC1)Nc1cc(Cl)ccc1OCC1CCCO1. The first-order chi connectivity index (χ1) is 11.2. The molecule has 1 atom stereocenters. The second-order valence-corrected chi connectivity index (χ2v) is 6.65. The molecule has 1 unspecified atom stereocenters. The Bertz CT molecular complexity index is 547. The van der Waals surface area contributed by atoms with Crippen LogP contribution in [-0.2, 0) is 9.53 Å². The summed E-state index contributed by atoms with van der Waals surface area (Å²) in [5, 5.41) is 6.61. The van der Waals surface area contributed by atoms with Crippen LogP contribution in [0.25, 0.3) is 0 Å². The number of benzene rings is 1. The Morgan fingerprint density at radius 3 is 2.88 bits per heavy atom. The van der Waals surface area contributed by atoms with E-state index in [2.05, 4.69) is 10.6 Å². The first-order valence-electron chi connectivity index (χ1n) is 8.25. The van der Waals surface area contributed by atoms with Crippen LogP contribution in [0.1, 0.15) is 25.7 Å². The van der Waals surface area contributed by atoms with Crippen LogP contribution in [-0.4, -0.2) is 38.3 Å². The lowest BCUT2D eigenvalue weighted by molar-refractivity contribution is -0.115. The summed E-state index contributed by atoms with van der Waals surface area (Å²) in [6, 6.07) is 5.25. The van der Waals surface area contributed by atoms with Crippen LogP contribution in [0, 0.1) is 5.92 Å². The molecule has 1 aromatic rings. The fourth-order valence-corrected chi connectivity index (χ4v) is 2.76. The number of nitrogens with one attached hydrogen (secondary N) is 2. The Morgan fingerprint density at radius 1 is 1.33 bits per heavy atom. The average molecular weight is 375 g/mol. The van der Waals surface area contributed by atoms with Gasteiger partial charge in [0.2, 0.25) is 5.91 Å². The maximum atomic E-state index is 12.0. The normalized spacial score (nSPS) is 19.6. The molecule has 3 rings (SSSR count). The van der Waals surface area contributed by atoms with Crippen LogP contribution in [0.3, 0.4) is 0 Å². The minimum atomic E-state index is -0.0881.